The highest BCUT2D eigenvalue weighted by Crippen LogP contribution is 2.32. The molecule has 0 aliphatic heterocycles. The van der Waals surface area contributed by atoms with E-state index in [-0.39, 0.29) is 5.41 Å². The first-order chi connectivity index (χ1) is 8.70. The van der Waals surface area contributed by atoms with Crippen LogP contribution < -0.4 is 0 Å². The minimum Gasteiger partial charge on any atom is -0.250 e. The van der Waals surface area contributed by atoms with Crippen LogP contribution in [0.5, 0.6) is 0 Å². The SMILES string of the molecule is ClCC(CCl)(Cc1nccs1)c1ccc(Cl)cc1. The van der Waals surface area contributed by atoms with Crippen molar-refractivity contribution >= 4 is 46.1 Å². The molecule has 0 unspecified atom stereocenters. The Morgan fingerprint density at radius 3 is 2.28 bits per heavy atom. The van der Waals surface area contributed by atoms with Gasteiger partial charge in [-0.15, -0.1) is 34.5 Å². The van der Waals surface area contributed by atoms with Gasteiger partial charge < -0.3 is 0 Å². The van der Waals surface area contributed by atoms with Gasteiger partial charge in [0.15, 0.2) is 0 Å². The zero-order valence-electron chi connectivity index (χ0n) is 9.57. The number of hydrogen-bond acceptors (Lipinski definition) is 2. The molecule has 1 aromatic carbocycles. The minimum atomic E-state index is -0.286. The third kappa shape index (κ3) is 3.00. The highest BCUT2D eigenvalue weighted by molar-refractivity contribution is 7.09. The smallest absolute Gasteiger partial charge is 0.0934 e. The van der Waals surface area contributed by atoms with Crippen LogP contribution in [0.2, 0.25) is 5.02 Å². The molecule has 2 rings (SSSR count). The van der Waals surface area contributed by atoms with Crippen LogP contribution in [0.3, 0.4) is 0 Å². The molecule has 0 aliphatic rings. The van der Waals surface area contributed by atoms with Gasteiger partial charge in [0.1, 0.15) is 0 Å². The number of hydrogen-bond donors (Lipinski definition) is 0. The van der Waals surface area contributed by atoms with Crippen molar-refractivity contribution in [2.75, 3.05) is 11.8 Å². The summed E-state index contributed by atoms with van der Waals surface area (Å²) in [4.78, 5) is 4.32. The summed E-state index contributed by atoms with van der Waals surface area (Å²) in [5.74, 6) is 0.912. The van der Waals surface area contributed by atoms with E-state index in [9.17, 15) is 0 Å². The van der Waals surface area contributed by atoms with Crippen molar-refractivity contribution < 1.29 is 0 Å². The van der Waals surface area contributed by atoms with Crippen molar-refractivity contribution in [2.45, 2.75) is 11.8 Å². The van der Waals surface area contributed by atoms with Gasteiger partial charge in [-0.05, 0) is 17.7 Å². The number of nitrogens with zero attached hydrogens (tertiary/aromatic N) is 1. The molecule has 18 heavy (non-hydrogen) atoms. The van der Waals surface area contributed by atoms with E-state index in [1.165, 1.54) is 0 Å². The van der Waals surface area contributed by atoms with Crippen molar-refractivity contribution in [3.8, 4) is 0 Å². The molecule has 0 fully saturated rings. The van der Waals surface area contributed by atoms with E-state index in [1.54, 1.807) is 17.5 Å². The molecule has 0 N–H and O–H groups in total. The van der Waals surface area contributed by atoms with Crippen LogP contribution in [0.1, 0.15) is 10.6 Å². The van der Waals surface area contributed by atoms with E-state index in [0.717, 1.165) is 17.0 Å². The first kappa shape index (κ1) is 14.1. The van der Waals surface area contributed by atoms with Gasteiger partial charge in [0.25, 0.3) is 0 Å². The summed E-state index contributed by atoms with van der Waals surface area (Å²) < 4.78 is 0. The molecule has 0 radical (unpaired) electrons. The number of halogens is 3. The summed E-state index contributed by atoms with van der Waals surface area (Å²) >= 11 is 19.9. The molecule has 0 saturated carbocycles. The van der Waals surface area contributed by atoms with Gasteiger partial charge in [-0.25, -0.2) is 4.98 Å². The maximum Gasteiger partial charge on any atom is 0.0934 e. The van der Waals surface area contributed by atoms with Gasteiger partial charge in [0.2, 0.25) is 0 Å². The van der Waals surface area contributed by atoms with E-state index in [1.807, 2.05) is 29.6 Å². The number of thiazole rings is 1. The Bertz CT molecular complexity index is 477. The predicted octanol–water partition coefficient (Wildman–Crippen LogP) is 4.75. The molecule has 1 heterocycles. The molecule has 1 aromatic heterocycles. The van der Waals surface area contributed by atoms with Gasteiger partial charge in [-0.3, -0.25) is 0 Å². The molecule has 96 valence electrons. The van der Waals surface area contributed by atoms with Gasteiger partial charge in [-0.2, -0.15) is 0 Å². The van der Waals surface area contributed by atoms with Crippen molar-refractivity contribution in [1.82, 2.24) is 4.98 Å². The summed E-state index contributed by atoms with van der Waals surface area (Å²) in [6, 6.07) is 7.71. The van der Waals surface area contributed by atoms with Gasteiger partial charge >= 0.3 is 0 Å². The summed E-state index contributed by atoms with van der Waals surface area (Å²) in [5, 5.41) is 3.72. The predicted molar refractivity (Wildman–Crippen MR) is 80.4 cm³/mol. The van der Waals surface area contributed by atoms with Crippen LogP contribution in [0.25, 0.3) is 0 Å². The Kier molecular flexibility index (Phi) is 4.91. The van der Waals surface area contributed by atoms with Crippen molar-refractivity contribution in [3.05, 3.63) is 51.4 Å². The fourth-order valence-electron chi connectivity index (χ4n) is 1.82. The van der Waals surface area contributed by atoms with E-state index < -0.39 is 0 Å². The zero-order valence-corrected chi connectivity index (χ0v) is 12.7. The monoisotopic (exact) mass is 319 g/mol. The van der Waals surface area contributed by atoms with Gasteiger partial charge in [-0.1, -0.05) is 23.7 Å². The fraction of sp³-hybridized carbons (Fsp3) is 0.308. The molecule has 0 atom stereocenters. The lowest BCUT2D eigenvalue weighted by Crippen LogP contribution is -2.33. The first-order valence-electron chi connectivity index (χ1n) is 5.46. The maximum absolute atomic E-state index is 6.18. The number of aromatic nitrogens is 1. The minimum absolute atomic E-state index is 0.286. The Balaban J connectivity index is 2.33. The molecule has 0 spiro atoms. The summed E-state index contributed by atoms with van der Waals surface area (Å²) in [5.41, 5.74) is 0.818. The molecule has 0 saturated heterocycles. The molecular weight excluding hydrogens is 309 g/mol. The van der Waals surface area contributed by atoms with Gasteiger partial charge in [0.05, 0.1) is 5.01 Å². The third-order valence-corrected chi connectivity index (χ3v) is 5.00. The van der Waals surface area contributed by atoms with Crippen molar-refractivity contribution in [1.29, 1.82) is 0 Å². The Labute approximate surface area is 126 Å². The summed E-state index contributed by atoms with van der Waals surface area (Å²) in [6.45, 7) is 0. The number of alkyl halides is 2. The fourth-order valence-corrected chi connectivity index (χ4v) is 3.49. The van der Waals surface area contributed by atoms with E-state index in [4.69, 9.17) is 34.8 Å². The summed E-state index contributed by atoms with van der Waals surface area (Å²) in [6.07, 6.45) is 2.55. The Hall–Kier alpha value is -0.280. The lowest BCUT2D eigenvalue weighted by atomic mass is 9.81. The molecular formula is C13H12Cl3NS. The van der Waals surface area contributed by atoms with Crippen molar-refractivity contribution in [2.24, 2.45) is 0 Å². The van der Waals surface area contributed by atoms with E-state index in [0.29, 0.717) is 16.8 Å². The first-order valence-corrected chi connectivity index (χ1v) is 7.79. The quantitative estimate of drug-likeness (QED) is 0.724. The average Bonchev–Trinajstić information content (AvgIpc) is 2.90. The largest absolute Gasteiger partial charge is 0.250 e. The van der Waals surface area contributed by atoms with Crippen LogP contribution in [-0.2, 0) is 11.8 Å². The number of benzene rings is 1. The van der Waals surface area contributed by atoms with Crippen LogP contribution in [0, 0.1) is 0 Å². The standard InChI is InChI=1S/C13H12Cl3NS/c14-8-13(9-15,7-12-17-5-6-18-12)10-1-3-11(16)4-2-10/h1-6H,7-9H2. The van der Waals surface area contributed by atoms with Crippen molar-refractivity contribution in [3.63, 3.8) is 0 Å². The Morgan fingerprint density at radius 1 is 1.11 bits per heavy atom. The second-order valence-electron chi connectivity index (χ2n) is 4.16. The Morgan fingerprint density at radius 2 is 1.78 bits per heavy atom. The number of rotatable bonds is 5. The molecule has 0 bridgehead atoms. The lowest BCUT2D eigenvalue weighted by molar-refractivity contribution is 0.535. The highest BCUT2D eigenvalue weighted by Gasteiger charge is 2.31. The lowest BCUT2D eigenvalue weighted by Gasteiger charge is -2.29. The normalized spacial score (nSPS) is 11.7. The topological polar surface area (TPSA) is 12.9 Å². The second kappa shape index (κ2) is 6.25. The molecule has 5 heteroatoms. The highest BCUT2D eigenvalue weighted by atomic mass is 35.5. The van der Waals surface area contributed by atoms with Crippen LogP contribution in [0.15, 0.2) is 35.8 Å². The molecule has 1 nitrogen and oxygen atoms in total. The summed E-state index contributed by atoms with van der Waals surface area (Å²) in [7, 11) is 0. The average molecular weight is 321 g/mol. The molecule has 2 aromatic rings. The zero-order chi connectivity index (χ0) is 13.0. The van der Waals surface area contributed by atoms with Crippen LogP contribution in [0.4, 0.5) is 0 Å². The van der Waals surface area contributed by atoms with E-state index >= 15 is 0 Å². The van der Waals surface area contributed by atoms with Gasteiger partial charge in [0, 0.05) is 40.2 Å². The van der Waals surface area contributed by atoms with Crippen LogP contribution >= 0.6 is 46.1 Å². The van der Waals surface area contributed by atoms with E-state index in [2.05, 4.69) is 4.98 Å². The van der Waals surface area contributed by atoms with Crippen LogP contribution in [-0.4, -0.2) is 16.7 Å². The third-order valence-electron chi connectivity index (χ3n) is 2.94. The molecule has 0 aliphatic carbocycles. The second-order valence-corrected chi connectivity index (χ2v) is 6.11. The molecule has 0 amide bonds. The maximum atomic E-state index is 6.18.